The summed E-state index contributed by atoms with van der Waals surface area (Å²) in [6.45, 7) is 6.28. The van der Waals surface area contributed by atoms with E-state index < -0.39 is 17.2 Å². The van der Waals surface area contributed by atoms with Gasteiger partial charge in [0.2, 0.25) is 5.43 Å². The Bertz CT molecular complexity index is 958. The van der Waals surface area contributed by atoms with Gasteiger partial charge in [-0.25, -0.2) is 9.18 Å². The molecule has 0 spiro atoms. The molecule has 28 heavy (non-hydrogen) atoms. The average Bonchev–Trinajstić information content (AvgIpc) is 3.23. The van der Waals surface area contributed by atoms with Crippen LogP contribution in [0.4, 0.5) is 10.1 Å². The number of likely N-dealkylation sites (tertiary alicyclic amines) is 1. The minimum atomic E-state index is -1.29. The Hall–Kier alpha value is -2.41. The highest BCUT2D eigenvalue weighted by atomic mass is 19.1. The van der Waals surface area contributed by atoms with Crippen LogP contribution in [0.1, 0.15) is 43.0 Å². The lowest BCUT2D eigenvalue weighted by atomic mass is 10.0. The zero-order chi connectivity index (χ0) is 19.8. The number of hydrogen-bond donors (Lipinski definition) is 1. The highest BCUT2D eigenvalue weighted by molar-refractivity contribution is 5.93. The van der Waals surface area contributed by atoms with Gasteiger partial charge in [-0.1, -0.05) is 0 Å². The van der Waals surface area contributed by atoms with Gasteiger partial charge in [-0.3, -0.25) is 4.79 Å². The zero-order valence-electron chi connectivity index (χ0n) is 16.2. The summed E-state index contributed by atoms with van der Waals surface area (Å²) >= 11 is 0. The Balaban J connectivity index is 1.67. The smallest absolute Gasteiger partial charge is 0.341 e. The van der Waals surface area contributed by atoms with Gasteiger partial charge in [-0.15, -0.1) is 0 Å². The van der Waals surface area contributed by atoms with Crippen molar-refractivity contribution in [3.05, 3.63) is 39.9 Å². The molecule has 2 saturated heterocycles. The van der Waals surface area contributed by atoms with Crippen LogP contribution in [-0.2, 0) is 6.54 Å². The highest BCUT2D eigenvalue weighted by Gasteiger charge is 2.28. The summed E-state index contributed by atoms with van der Waals surface area (Å²) in [4.78, 5) is 28.4. The molecule has 2 aliphatic heterocycles. The molecule has 0 unspecified atom stereocenters. The topological polar surface area (TPSA) is 65.8 Å². The van der Waals surface area contributed by atoms with Gasteiger partial charge in [0, 0.05) is 37.3 Å². The molecule has 0 bridgehead atoms. The van der Waals surface area contributed by atoms with Crippen LogP contribution in [0.2, 0.25) is 0 Å². The number of carbonyl (C=O) groups is 1. The van der Waals surface area contributed by atoms with Crippen molar-refractivity contribution < 1.29 is 14.3 Å². The van der Waals surface area contributed by atoms with Gasteiger partial charge >= 0.3 is 5.97 Å². The molecule has 0 radical (unpaired) electrons. The zero-order valence-corrected chi connectivity index (χ0v) is 16.2. The highest BCUT2D eigenvalue weighted by Crippen LogP contribution is 2.29. The Kier molecular flexibility index (Phi) is 5.10. The SMILES string of the molecule is CCn1cc(C(=O)O)c(=O)c2cc(F)c(N3CCC(N4CCCC4)CC3)cc21. The first kappa shape index (κ1) is 18.9. The summed E-state index contributed by atoms with van der Waals surface area (Å²) in [5, 5.41) is 9.39. The number of aromatic nitrogens is 1. The lowest BCUT2D eigenvalue weighted by Gasteiger charge is -2.38. The summed E-state index contributed by atoms with van der Waals surface area (Å²) in [7, 11) is 0. The number of carboxylic acid groups (broad SMARTS) is 1. The molecule has 1 N–H and O–H groups in total. The van der Waals surface area contributed by atoms with E-state index in [1.807, 2.05) is 6.92 Å². The summed E-state index contributed by atoms with van der Waals surface area (Å²) in [5.41, 5.74) is 0.117. The first-order valence-corrected chi connectivity index (χ1v) is 10.1. The van der Waals surface area contributed by atoms with Gasteiger partial charge in [0.1, 0.15) is 11.4 Å². The molecule has 7 heteroatoms. The quantitative estimate of drug-likeness (QED) is 0.874. The van der Waals surface area contributed by atoms with Crippen LogP contribution < -0.4 is 10.3 Å². The average molecular weight is 387 g/mol. The normalized spacial score (nSPS) is 18.9. The molecule has 4 rings (SSSR count). The van der Waals surface area contributed by atoms with E-state index in [-0.39, 0.29) is 10.9 Å². The summed E-state index contributed by atoms with van der Waals surface area (Å²) < 4.78 is 16.6. The van der Waals surface area contributed by atoms with Gasteiger partial charge in [-0.05, 0) is 57.8 Å². The Labute approximate surface area is 163 Å². The van der Waals surface area contributed by atoms with Gasteiger partial charge < -0.3 is 19.5 Å². The predicted octanol–water partition coefficient (Wildman–Crippen LogP) is 2.92. The Morgan fingerprint density at radius 1 is 1.18 bits per heavy atom. The summed E-state index contributed by atoms with van der Waals surface area (Å²) in [6, 6.07) is 3.49. The Morgan fingerprint density at radius 3 is 2.46 bits per heavy atom. The molecule has 2 aliphatic rings. The molecule has 2 fully saturated rings. The maximum atomic E-state index is 14.9. The number of piperidine rings is 1. The third-order valence-corrected chi connectivity index (χ3v) is 6.18. The monoisotopic (exact) mass is 387 g/mol. The van der Waals surface area contributed by atoms with Crippen molar-refractivity contribution in [2.75, 3.05) is 31.1 Å². The van der Waals surface area contributed by atoms with E-state index in [4.69, 9.17) is 0 Å². The van der Waals surface area contributed by atoms with Crippen molar-refractivity contribution >= 4 is 22.6 Å². The van der Waals surface area contributed by atoms with Crippen LogP contribution in [0.25, 0.3) is 10.9 Å². The number of fused-ring (bicyclic) bond motifs is 1. The fourth-order valence-electron chi connectivity index (χ4n) is 4.63. The standard InChI is InChI=1S/C21H26FN3O3/c1-2-23-13-16(21(27)28)20(26)15-11-17(22)19(12-18(15)23)25-9-5-14(6-10-25)24-7-3-4-8-24/h11-14H,2-10H2,1H3,(H,27,28). The molecule has 150 valence electrons. The second kappa shape index (κ2) is 7.54. The molecule has 6 nitrogen and oxygen atoms in total. The van der Waals surface area contributed by atoms with E-state index in [0.29, 0.717) is 23.8 Å². The largest absolute Gasteiger partial charge is 0.477 e. The van der Waals surface area contributed by atoms with Crippen molar-refractivity contribution in [2.24, 2.45) is 0 Å². The van der Waals surface area contributed by atoms with Crippen molar-refractivity contribution in [1.29, 1.82) is 0 Å². The maximum Gasteiger partial charge on any atom is 0.341 e. The van der Waals surface area contributed by atoms with Gasteiger partial charge in [-0.2, -0.15) is 0 Å². The van der Waals surface area contributed by atoms with E-state index in [9.17, 15) is 19.1 Å². The second-order valence-corrected chi connectivity index (χ2v) is 7.75. The predicted molar refractivity (Wildman–Crippen MR) is 107 cm³/mol. The fraction of sp³-hybridized carbons (Fsp3) is 0.524. The number of carboxylic acids is 1. The number of anilines is 1. The third-order valence-electron chi connectivity index (χ3n) is 6.18. The minimum absolute atomic E-state index is 0.120. The molecule has 0 aliphatic carbocycles. The molecular weight excluding hydrogens is 361 g/mol. The van der Waals surface area contributed by atoms with Crippen LogP contribution in [-0.4, -0.2) is 52.8 Å². The van der Waals surface area contributed by atoms with Gasteiger partial charge in [0.25, 0.3) is 0 Å². The molecule has 1 aromatic carbocycles. The molecule has 0 amide bonds. The van der Waals surface area contributed by atoms with Crippen LogP contribution in [0.5, 0.6) is 0 Å². The van der Waals surface area contributed by atoms with E-state index in [0.717, 1.165) is 25.9 Å². The molecule has 0 saturated carbocycles. The Morgan fingerprint density at radius 2 is 1.86 bits per heavy atom. The second-order valence-electron chi connectivity index (χ2n) is 7.75. The summed E-state index contributed by atoms with van der Waals surface area (Å²) in [5.74, 6) is -1.75. The number of aromatic carboxylic acids is 1. The van der Waals surface area contributed by atoms with Crippen LogP contribution in [0.15, 0.2) is 23.1 Å². The molecule has 0 atom stereocenters. The van der Waals surface area contributed by atoms with E-state index in [1.165, 1.54) is 38.2 Å². The first-order valence-electron chi connectivity index (χ1n) is 10.1. The van der Waals surface area contributed by atoms with E-state index in [1.54, 1.807) is 10.6 Å². The summed E-state index contributed by atoms with van der Waals surface area (Å²) in [6.07, 6.45) is 5.92. The van der Waals surface area contributed by atoms with Crippen molar-refractivity contribution in [1.82, 2.24) is 9.47 Å². The van der Waals surface area contributed by atoms with Crippen LogP contribution in [0.3, 0.4) is 0 Å². The number of nitrogens with zero attached hydrogens (tertiary/aromatic N) is 3. The van der Waals surface area contributed by atoms with E-state index in [2.05, 4.69) is 9.80 Å². The lowest BCUT2D eigenvalue weighted by Crippen LogP contribution is -2.44. The van der Waals surface area contributed by atoms with Gasteiger partial charge in [0.15, 0.2) is 0 Å². The molecule has 2 aromatic rings. The number of pyridine rings is 1. The third kappa shape index (κ3) is 3.28. The number of hydrogen-bond acceptors (Lipinski definition) is 4. The number of rotatable bonds is 4. The van der Waals surface area contributed by atoms with Crippen molar-refractivity contribution in [2.45, 2.75) is 45.2 Å². The van der Waals surface area contributed by atoms with Crippen molar-refractivity contribution in [3.63, 3.8) is 0 Å². The molecular formula is C21H26FN3O3. The number of benzene rings is 1. The van der Waals surface area contributed by atoms with Crippen LogP contribution >= 0.6 is 0 Å². The fourth-order valence-corrected chi connectivity index (χ4v) is 4.63. The number of halogens is 1. The minimum Gasteiger partial charge on any atom is -0.477 e. The maximum absolute atomic E-state index is 14.9. The van der Waals surface area contributed by atoms with Crippen LogP contribution in [0, 0.1) is 5.82 Å². The van der Waals surface area contributed by atoms with E-state index >= 15 is 0 Å². The van der Waals surface area contributed by atoms with Crippen molar-refractivity contribution in [3.8, 4) is 0 Å². The lowest BCUT2D eigenvalue weighted by molar-refractivity contribution is 0.0695. The van der Waals surface area contributed by atoms with Gasteiger partial charge in [0.05, 0.1) is 11.2 Å². The number of aryl methyl sites for hydroxylation is 1. The molecule has 3 heterocycles. The first-order chi connectivity index (χ1) is 13.5. The molecule has 1 aromatic heterocycles.